The first kappa shape index (κ1) is 16.0. The maximum absolute atomic E-state index is 12.5. The molecule has 2 fully saturated rings. The lowest BCUT2D eigenvalue weighted by atomic mass is 9.90. The van der Waals surface area contributed by atoms with Crippen LogP contribution in [0.2, 0.25) is 0 Å². The Hall–Kier alpha value is -1.86. The molecule has 3 rings (SSSR count). The Balaban J connectivity index is 1.62. The smallest absolute Gasteiger partial charge is 0.257 e. The molecule has 0 aromatic carbocycles. The number of morpholine rings is 1. The summed E-state index contributed by atoms with van der Waals surface area (Å²) >= 11 is 0. The molecule has 7 heteroatoms. The van der Waals surface area contributed by atoms with Crippen molar-refractivity contribution in [3.05, 3.63) is 23.2 Å². The van der Waals surface area contributed by atoms with Crippen molar-refractivity contribution >= 4 is 11.8 Å². The molecule has 1 spiro atoms. The number of furan rings is 1. The number of ether oxygens (including phenoxy) is 1. The molecule has 7 nitrogen and oxygen atoms in total. The molecule has 23 heavy (non-hydrogen) atoms. The van der Waals surface area contributed by atoms with Crippen LogP contribution in [0.3, 0.4) is 0 Å². The van der Waals surface area contributed by atoms with Crippen molar-refractivity contribution in [3.8, 4) is 0 Å². The summed E-state index contributed by atoms with van der Waals surface area (Å²) in [5.74, 6) is 1.32. The van der Waals surface area contributed by atoms with Gasteiger partial charge in [-0.1, -0.05) is 0 Å². The molecule has 2 saturated heterocycles. The summed E-state index contributed by atoms with van der Waals surface area (Å²) in [6.07, 6.45) is 0. The molecule has 0 aliphatic carbocycles. The predicted octanol–water partition coefficient (Wildman–Crippen LogP) is 0.168. The Labute approximate surface area is 135 Å². The highest BCUT2D eigenvalue weighted by molar-refractivity contribution is 5.96. The second kappa shape index (κ2) is 5.65. The van der Waals surface area contributed by atoms with Gasteiger partial charge in [0.25, 0.3) is 5.91 Å². The summed E-state index contributed by atoms with van der Waals surface area (Å²) in [5.41, 5.74) is 0.256. The monoisotopic (exact) mass is 321 g/mol. The van der Waals surface area contributed by atoms with Crippen molar-refractivity contribution < 1.29 is 18.7 Å². The molecule has 126 valence electrons. The average Bonchev–Trinajstić information content (AvgIpc) is 2.81. The number of likely N-dealkylation sites (tertiary alicyclic amines) is 1. The first-order valence-electron chi connectivity index (χ1n) is 7.77. The SMILES string of the molecule is CNC(=O)C1COC2(CN(C(=O)c3cc(C)oc3C)C2)CN1C. The summed E-state index contributed by atoms with van der Waals surface area (Å²) in [4.78, 5) is 28.1. The minimum absolute atomic E-state index is 0.0235. The third-order valence-electron chi connectivity index (χ3n) is 4.68. The standard InChI is InChI=1S/C16H23N3O4/c1-10-5-12(11(2)23-10)15(21)19-8-16(9-19)7-18(4)13(6-22-16)14(20)17-3/h5,13H,6-9H2,1-4H3,(H,17,20). The molecule has 2 aliphatic heterocycles. The van der Waals surface area contributed by atoms with Gasteiger partial charge in [0.1, 0.15) is 23.2 Å². The van der Waals surface area contributed by atoms with Crippen molar-refractivity contribution in [1.29, 1.82) is 0 Å². The lowest BCUT2D eigenvalue weighted by molar-refractivity contribution is -0.187. The number of hydrogen-bond donors (Lipinski definition) is 1. The highest BCUT2D eigenvalue weighted by Crippen LogP contribution is 2.32. The van der Waals surface area contributed by atoms with E-state index in [-0.39, 0.29) is 23.5 Å². The normalized spacial score (nSPS) is 23.7. The van der Waals surface area contributed by atoms with Crippen molar-refractivity contribution in [2.45, 2.75) is 25.5 Å². The van der Waals surface area contributed by atoms with E-state index < -0.39 is 0 Å². The zero-order chi connectivity index (χ0) is 16.8. The number of rotatable bonds is 2. The van der Waals surface area contributed by atoms with E-state index in [4.69, 9.17) is 9.15 Å². The molecule has 3 heterocycles. The fraction of sp³-hybridized carbons (Fsp3) is 0.625. The van der Waals surface area contributed by atoms with Crippen molar-refractivity contribution in [2.75, 3.05) is 40.3 Å². The Kier molecular flexibility index (Phi) is 3.93. The number of amides is 2. The second-order valence-electron chi connectivity index (χ2n) is 6.53. The van der Waals surface area contributed by atoms with E-state index >= 15 is 0 Å². The van der Waals surface area contributed by atoms with E-state index in [1.807, 2.05) is 18.9 Å². The molecule has 1 aromatic rings. The Morgan fingerprint density at radius 2 is 2.00 bits per heavy atom. The minimum Gasteiger partial charge on any atom is -0.466 e. The van der Waals surface area contributed by atoms with E-state index in [2.05, 4.69) is 5.32 Å². The number of likely N-dealkylation sites (N-methyl/N-ethyl adjacent to an activating group) is 2. The van der Waals surface area contributed by atoms with Crippen LogP contribution in [0.1, 0.15) is 21.9 Å². The topological polar surface area (TPSA) is 75.0 Å². The molecule has 2 aliphatic rings. The number of carbonyl (C=O) groups is 2. The fourth-order valence-electron chi connectivity index (χ4n) is 3.43. The molecule has 2 amide bonds. The van der Waals surface area contributed by atoms with E-state index in [1.54, 1.807) is 24.9 Å². The lowest BCUT2D eigenvalue weighted by Gasteiger charge is -2.54. The van der Waals surface area contributed by atoms with Crippen LogP contribution in [0.15, 0.2) is 10.5 Å². The first-order chi connectivity index (χ1) is 10.8. The van der Waals surface area contributed by atoms with Gasteiger partial charge in [0, 0.05) is 13.6 Å². The van der Waals surface area contributed by atoms with E-state index in [1.165, 1.54) is 0 Å². The number of nitrogens with zero attached hydrogens (tertiary/aromatic N) is 2. The molecule has 0 saturated carbocycles. The number of aryl methyl sites for hydroxylation is 2. The molecular formula is C16H23N3O4. The molecule has 1 unspecified atom stereocenters. The van der Waals surface area contributed by atoms with Crippen LogP contribution in [0, 0.1) is 13.8 Å². The van der Waals surface area contributed by atoms with Crippen LogP contribution in [-0.2, 0) is 9.53 Å². The fourth-order valence-corrected chi connectivity index (χ4v) is 3.43. The van der Waals surface area contributed by atoms with E-state index in [9.17, 15) is 9.59 Å². The summed E-state index contributed by atoms with van der Waals surface area (Å²) in [6.45, 7) is 5.70. The summed E-state index contributed by atoms with van der Waals surface area (Å²) in [6, 6.07) is 1.51. The summed E-state index contributed by atoms with van der Waals surface area (Å²) in [7, 11) is 3.54. The highest BCUT2D eigenvalue weighted by Gasteiger charge is 2.51. The van der Waals surface area contributed by atoms with Crippen molar-refractivity contribution in [1.82, 2.24) is 15.1 Å². The van der Waals surface area contributed by atoms with Gasteiger partial charge in [0.05, 0.1) is 25.3 Å². The molecule has 1 atom stereocenters. The van der Waals surface area contributed by atoms with Gasteiger partial charge in [0.15, 0.2) is 0 Å². The summed E-state index contributed by atoms with van der Waals surface area (Å²) < 4.78 is 11.4. The number of carbonyl (C=O) groups excluding carboxylic acids is 2. The van der Waals surface area contributed by atoms with Crippen LogP contribution in [0.25, 0.3) is 0 Å². The zero-order valence-electron chi connectivity index (χ0n) is 14.0. The van der Waals surface area contributed by atoms with Gasteiger partial charge in [0.2, 0.25) is 5.91 Å². The minimum atomic E-state index is -0.360. The zero-order valence-corrected chi connectivity index (χ0v) is 14.0. The van der Waals surface area contributed by atoms with Gasteiger partial charge in [-0.2, -0.15) is 0 Å². The van der Waals surface area contributed by atoms with Gasteiger partial charge in [-0.05, 0) is 27.0 Å². The molecule has 0 radical (unpaired) electrons. The Morgan fingerprint density at radius 3 is 2.52 bits per heavy atom. The third-order valence-corrected chi connectivity index (χ3v) is 4.68. The third kappa shape index (κ3) is 2.74. The van der Waals surface area contributed by atoms with E-state index in [0.717, 1.165) is 5.76 Å². The quantitative estimate of drug-likeness (QED) is 0.840. The predicted molar refractivity (Wildman–Crippen MR) is 83.3 cm³/mol. The van der Waals surface area contributed by atoms with Gasteiger partial charge < -0.3 is 19.4 Å². The van der Waals surface area contributed by atoms with Crippen molar-refractivity contribution in [3.63, 3.8) is 0 Å². The molecular weight excluding hydrogens is 298 g/mol. The number of nitrogens with one attached hydrogen (secondary N) is 1. The van der Waals surface area contributed by atoms with Crippen LogP contribution in [0.4, 0.5) is 0 Å². The lowest BCUT2D eigenvalue weighted by Crippen LogP contribution is -2.73. The number of hydrogen-bond acceptors (Lipinski definition) is 5. The maximum atomic E-state index is 12.5. The van der Waals surface area contributed by atoms with Crippen LogP contribution in [-0.4, -0.2) is 73.6 Å². The average molecular weight is 321 g/mol. The highest BCUT2D eigenvalue weighted by atomic mass is 16.5. The van der Waals surface area contributed by atoms with Gasteiger partial charge in [-0.25, -0.2) is 0 Å². The van der Waals surface area contributed by atoms with Crippen LogP contribution < -0.4 is 5.32 Å². The van der Waals surface area contributed by atoms with Crippen LogP contribution >= 0.6 is 0 Å². The summed E-state index contributed by atoms with van der Waals surface area (Å²) in [5, 5.41) is 2.65. The molecule has 0 bridgehead atoms. The van der Waals surface area contributed by atoms with Crippen molar-refractivity contribution in [2.24, 2.45) is 0 Å². The van der Waals surface area contributed by atoms with Gasteiger partial charge in [-0.3, -0.25) is 14.5 Å². The second-order valence-corrected chi connectivity index (χ2v) is 6.53. The van der Waals surface area contributed by atoms with E-state index in [0.29, 0.717) is 37.6 Å². The molecule has 1 aromatic heterocycles. The maximum Gasteiger partial charge on any atom is 0.257 e. The molecule has 1 N–H and O–H groups in total. The van der Waals surface area contributed by atoms with Gasteiger partial charge in [-0.15, -0.1) is 0 Å². The van der Waals surface area contributed by atoms with Crippen LogP contribution in [0.5, 0.6) is 0 Å². The first-order valence-corrected chi connectivity index (χ1v) is 7.77. The Morgan fingerprint density at radius 1 is 1.30 bits per heavy atom. The Bertz CT molecular complexity index is 633. The van der Waals surface area contributed by atoms with Gasteiger partial charge >= 0.3 is 0 Å². The largest absolute Gasteiger partial charge is 0.466 e.